The smallest absolute Gasteiger partial charge is 0.407 e. The summed E-state index contributed by atoms with van der Waals surface area (Å²) in [7, 11) is -2.40. The molecule has 0 bridgehead atoms. The number of carbonyl (C=O) groups is 1. The molecule has 0 saturated carbocycles. The Morgan fingerprint density at radius 2 is 2.25 bits per heavy atom. The van der Waals surface area contributed by atoms with E-state index in [4.69, 9.17) is 0 Å². The van der Waals surface area contributed by atoms with Crippen LogP contribution in [0.15, 0.2) is 29.2 Å². The number of phenolic OH excluding ortho intramolecular Hbond substituents is 1. The number of phenols is 1. The molecule has 1 fully saturated rings. The van der Waals surface area contributed by atoms with Gasteiger partial charge in [0.1, 0.15) is 5.75 Å². The standard InChI is InChI=1S/C12H16N2O5S/c1-19-12(16)13-9-5-6-14(8-9)20(17,18)11-4-2-3-10(15)7-11/h2-4,7,9,15H,5-6,8H2,1H3,(H,13,16). The van der Waals surface area contributed by atoms with Crippen molar-refractivity contribution in [1.29, 1.82) is 0 Å². The van der Waals surface area contributed by atoms with E-state index in [1.54, 1.807) is 0 Å². The summed E-state index contributed by atoms with van der Waals surface area (Å²) in [6, 6.07) is 5.24. The first-order valence-corrected chi connectivity index (χ1v) is 7.51. The van der Waals surface area contributed by atoms with Gasteiger partial charge in [-0.15, -0.1) is 0 Å². The molecular formula is C12H16N2O5S. The van der Waals surface area contributed by atoms with Crippen molar-refractivity contribution in [2.24, 2.45) is 0 Å². The molecule has 1 aromatic carbocycles. The highest BCUT2D eigenvalue weighted by atomic mass is 32.2. The van der Waals surface area contributed by atoms with Crippen LogP contribution in [0.25, 0.3) is 0 Å². The number of sulfonamides is 1. The number of benzene rings is 1. The summed E-state index contributed by atoms with van der Waals surface area (Å²) in [5, 5.41) is 11.9. The molecule has 1 saturated heterocycles. The quantitative estimate of drug-likeness (QED) is 0.848. The van der Waals surface area contributed by atoms with Crippen LogP contribution in [0.4, 0.5) is 4.79 Å². The number of amides is 1. The highest BCUT2D eigenvalue weighted by Crippen LogP contribution is 2.23. The van der Waals surface area contributed by atoms with Crippen molar-refractivity contribution in [3.05, 3.63) is 24.3 Å². The van der Waals surface area contributed by atoms with Gasteiger partial charge in [0, 0.05) is 19.1 Å². The summed E-state index contributed by atoms with van der Waals surface area (Å²) >= 11 is 0. The molecule has 7 nitrogen and oxygen atoms in total. The predicted molar refractivity (Wildman–Crippen MR) is 70.8 cm³/mol. The Bertz CT molecular complexity index is 602. The lowest BCUT2D eigenvalue weighted by Crippen LogP contribution is -2.38. The van der Waals surface area contributed by atoms with Crippen LogP contribution in [0.3, 0.4) is 0 Å². The van der Waals surface area contributed by atoms with Gasteiger partial charge < -0.3 is 15.2 Å². The van der Waals surface area contributed by atoms with E-state index in [0.717, 1.165) is 0 Å². The first-order valence-electron chi connectivity index (χ1n) is 6.07. The van der Waals surface area contributed by atoms with Crippen molar-refractivity contribution in [3.63, 3.8) is 0 Å². The molecule has 1 amide bonds. The van der Waals surface area contributed by atoms with Gasteiger partial charge in [-0.2, -0.15) is 4.31 Å². The summed E-state index contributed by atoms with van der Waals surface area (Å²) in [5.41, 5.74) is 0. The van der Waals surface area contributed by atoms with Gasteiger partial charge >= 0.3 is 6.09 Å². The van der Waals surface area contributed by atoms with Gasteiger partial charge in [-0.1, -0.05) is 6.07 Å². The maximum atomic E-state index is 12.4. The van der Waals surface area contributed by atoms with Crippen LogP contribution in [0.5, 0.6) is 5.75 Å². The van der Waals surface area contributed by atoms with Crippen molar-refractivity contribution >= 4 is 16.1 Å². The lowest BCUT2D eigenvalue weighted by atomic mass is 10.3. The Balaban J connectivity index is 2.11. The second kappa shape index (κ2) is 5.68. The highest BCUT2D eigenvalue weighted by Gasteiger charge is 2.33. The lowest BCUT2D eigenvalue weighted by molar-refractivity contribution is 0.167. The van der Waals surface area contributed by atoms with Crippen molar-refractivity contribution in [2.45, 2.75) is 17.4 Å². The lowest BCUT2D eigenvalue weighted by Gasteiger charge is -2.17. The number of rotatable bonds is 3. The topological polar surface area (TPSA) is 95.9 Å². The number of methoxy groups -OCH3 is 1. The molecule has 8 heteroatoms. The number of carbonyl (C=O) groups excluding carboxylic acids is 1. The fourth-order valence-electron chi connectivity index (χ4n) is 2.08. The van der Waals surface area contributed by atoms with Gasteiger partial charge in [-0.25, -0.2) is 13.2 Å². The molecule has 1 aliphatic rings. The average Bonchev–Trinajstić information content (AvgIpc) is 2.87. The van der Waals surface area contributed by atoms with E-state index in [1.807, 2.05) is 0 Å². The van der Waals surface area contributed by atoms with Crippen LogP contribution >= 0.6 is 0 Å². The number of nitrogens with zero attached hydrogens (tertiary/aromatic N) is 1. The number of aromatic hydroxyl groups is 1. The highest BCUT2D eigenvalue weighted by molar-refractivity contribution is 7.89. The molecule has 1 aliphatic heterocycles. The summed E-state index contributed by atoms with van der Waals surface area (Å²) in [6.07, 6.45) is -0.0562. The number of alkyl carbamates (subject to hydrolysis) is 1. The minimum atomic E-state index is -3.66. The normalized spacial score (nSPS) is 19.8. The monoisotopic (exact) mass is 300 g/mol. The number of nitrogens with one attached hydrogen (secondary N) is 1. The van der Waals surface area contributed by atoms with Crippen molar-refractivity contribution in [2.75, 3.05) is 20.2 Å². The minimum Gasteiger partial charge on any atom is -0.508 e. The van der Waals surface area contributed by atoms with Crippen molar-refractivity contribution < 1.29 is 23.1 Å². The van der Waals surface area contributed by atoms with Crippen molar-refractivity contribution in [3.8, 4) is 5.75 Å². The molecule has 0 spiro atoms. The first kappa shape index (κ1) is 14.6. The summed E-state index contributed by atoms with van der Waals surface area (Å²) in [5.74, 6) is -0.102. The second-order valence-electron chi connectivity index (χ2n) is 4.48. The van der Waals surface area contributed by atoms with Crippen LogP contribution in [-0.2, 0) is 14.8 Å². The molecule has 20 heavy (non-hydrogen) atoms. The van der Waals surface area contributed by atoms with Crippen LogP contribution in [0.1, 0.15) is 6.42 Å². The molecule has 1 unspecified atom stereocenters. The van der Waals surface area contributed by atoms with Crippen LogP contribution in [0.2, 0.25) is 0 Å². The largest absolute Gasteiger partial charge is 0.508 e. The molecule has 1 atom stereocenters. The molecule has 2 rings (SSSR count). The van der Waals surface area contributed by atoms with E-state index in [2.05, 4.69) is 10.1 Å². The Kier molecular flexibility index (Phi) is 4.15. The summed E-state index contributed by atoms with van der Waals surface area (Å²) < 4.78 is 30.5. The summed E-state index contributed by atoms with van der Waals surface area (Å²) in [6.45, 7) is 0.500. The fourth-order valence-corrected chi connectivity index (χ4v) is 3.62. The number of hydrogen-bond acceptors (Lipinski definition) is 5. The molecule has 0 aromatic heterocycles. The maximum Gasteiger partial charge on any atom is 0.407 e. The SMILES string of the molecule is COC(=O)NC1CCN(S(=O)(=O)c2cccc(O)c2)C1. The Morgan fingerprint density at radius 3 is 2.90 bits per heavy atom. The third kappa shape index (κ3) is 3.02. The zero-order valence-corrected chi connectivity index (χ0v) is 11.8. The zero-order valence-electron chi connectivity index (χ0n) is 10.9. The molecule has 2 N–H and O–H groups in total. The Morgan fingerprint density at radius 1 is 1.50 bits per heavy atom. The van der Waals surface area contributed by atoms with E-state index in [1.165, 1.54) is 35.7 Å². The second-order valence-corrected chi connectivity index (χ2v) is 6.42. The van der Waals surface area contributed by atoms with E-state index >= 15 is 0 Å². The van der Waals surface area contributed by atoms with Crippen LogP contribution < -0.4 is 5.32 Å². The van der Waals surface area contributed by atoms with Gasteiger partial charge in [-0.05, 0) is 24.6 Å². The van der Waals surface area contributed by atoms with E-state index in [0.29, 0.717) is 13.0 Å². The third-order valence-corrected chi connectivity index (χ3v) is 4.97. The van der Waals surface area contributed by atoms with Gasteiger partial charge in [0.15, 0.2) is 0 Å². The molecule has 1 aromatic rings. The molecular weight excluding hydrogens is 284 g/mol. The zero-order chi connectivity index (χ0) is 14.8. The van der Waals surface area contributed by atoms with Crippen LogP contribution in [0, 0.1) is 0 Å². The van der Waals surface area contributed by atoms with Crippen molar-refractivity contribution in [1.82, 2.24) is 9.62 Å². The Hall–Kier alpha value is -1.80. The third-order valence-electron chi connectivity index (χ3n) is 3.11. The first-order chi connectivity index (χ1) is 9.43. The molecule has 0 radical (unpaired) electrons. The maximum absolute atomic E-state index is 12.4. The molecule has 1 heterocycles. The van der Waals surface area contributed by atoms with Gasteiger partial charge in [-0.3, -0.25) is 0 Å². The molecule has 110 valence electrons. The fraction of sp³-hybridized carbons (Fsp3) is 0.417. The Labute approximate surface area is 117 Å². The van der Waals surface area contributed by atoms with E-state index in [-0.39, 0.29) is 23.2 Å². The van der Waals surface area contributed by atoms with E-state index in [9.17, 15) is 18.3 Å². The number of ether oxygens (including phenoxy) is 1. The van der Waals surface area contributed by atoms with Gasteiger partial charge in [0.05, 0.1) is 12.0 Å². The van der Waals surface area contributed by atoms with E-state index < -0.39 is 16.1 Å². The van der Waals surface area contributed by atoms with Gasteiger partial charge in [0.25, 0.3) is 0 Å². The predicted octanol–water partition coefficient (Wildman–Crippen LogP) is 0.511. The van der Waals surface area contributed by atoms with Gasteiger partial charge in [0.2, 0.25) is 10.0 Å². The minimum absolute atomic E-state index is 0.0382. The summed E-state index contributed by atoms with van der Waals surface area (Å²) in [4.78, 5) is 11.1. The molecule has 0 aliphatic carbocycles. The number of hydrogen-bond donors (Lipinski definition) is 2. The van der Waals surface area contributed by atoms with Crippen LogP contribution in [-0.4, -0.2) is 50.2 Å². The average molecular weight is 300 g/mol.